The first kappa shape index (κ1) is 11.0. The number of phenols is 1. The van der Waals surface area contributed by atoms with Crippen LogP contribution in [0.3, 0.4) is 0 Å². The van der Waals surface area contributed by atoms with Gasteiger partial charge >= 0.3 is 0 Å². The van der Waals surface area contributed by atoms with Crippen molar-refractivity contribution in [3.63, 3.8) is 0 Å². The molecule has 0 bridgehead atoms. The Balaban J connectivity index is 2.21. The smallest absolute Gasteiger partial charge is 0.258 e. The zero-order valence-corrected chi connectivity index (χ0v) is 9.08. The summed E-state index contributed by atoms with van der Waals surface area (Å²) in [6.07, 6.45) is 2.85. The van der Waals surface area contributed by atoms with Crippen LogP contribution in [0.2, 0.25) is 0 Å². The van der Waals surface area contributed by atoms with E-state index < -0.39 is 0 Å². The van der Waals surface area contributed by atoms with Crippen LogP contribution in [0.15, 0.2) is 30.6 Å². The number of aryl methyl sites for hydroxylation is 1. The molecular weight excluding hydrogens is 220 g/mol. The van der Waals surface area contributed by atoms with E-state index in [1.165, 1.54) is 30.6 Å². The number of nitrogens with zero attached hydrogens (tertiary/aromatic N) is 3. The third kappa shape index (κ3) is 2.54. The first-order valence-electron chi connectivity index (χ1n) is 4.91. The molecule has 1 aromatic heterocycles. The second kappa shape index (κ2) is 4.56. The van der Waals surface area contributed by atoms with Gasteiger partial charge in [-0.3, -0.25) is 10.1 Å². The Labute approximate surface area is 97.4 Å². The van der Waals surface area contributed by atoms with Crippen molar-refractivity contribution in [3.8, 4) is 5.75 Å². The van der Waals surface area contributed by atoms with E-state index in [0.717, 1.165) is 0 Å². The molecule has 6 nitrogen and oxygen atoms in total. The Morgan fingerprint density at radius 2 is 2.18 bits per heavy atom. The minimum atomic E-state index is -0.337. The minimum absolute atomic E-state index is 0.122. The number of benzene rings is 1. The van der Waals surface area contributed by atoms with Crippen LogP contribution in [-0.4, -0.2) is 26.2 Å². The van der Waals surface area contributed by atoms with Crippen LogP contribution < -0.4 is 5.32 Å². The predicted molar refractivity (Wildman–Crippen MR) is 60.6 cm³/mol. The van der Waals surface area contributed by atoms with Crippen LogP contribution in [0.25, 0.3) is 0 Å². The number of anilines is 1. The fourth-order valence-electron chi connectivity index (χ4n) is 1.38. The molecule has 2 rings (SSSR count). The molecule has 1 aromatic carbocycles. The molecule has 0 aliphatic rings. The topological polar surface area (TPSA) is 88.0 Å². The van der Waals surface area contributed by atoms with Crippen LogP contribution in [0.4, 0.5) is 5.95 Å². The Bertz CT molecular complexity index is 542. The lowest BCUT2D eigenvalue weighted by atomic mass is 10.1. The van der Waals surface area contributed by atoms with E-state index in [-0.39, 0.29) is 17.6 Å². The van der Waals surface area contributed by atoms with Crippen molar-refractivity contribution in [1.29, 1.82) is 0 Å². The summed E-state index contributed by atoms with van der Waals surface area (Å²) in [6, 6.07) is 4.50. The number of rotatable bonds is 2. The van der Waals surface area contributed by atoms with Crippen molar-refractivity contribution in [1.82, 2.24) is 15.2 Å². The van der Waals surface area contributed by atoms with Crippen molar-refractivity contribution in [2.24, 2.45) is 0 Å². The maximum Gasteiger partial charge on any atom is 0.258 e. The van der Waals surface area contributed by atoms with E-state index in [2.05, 4.69) is 20.5 Å². The fraction of sp³-hybridized carbons (Fsp3) is 0.0909. The highest BCUT2D eigenvalue weighted by Crippen LogP contribution is 2.16. The summed E-state index contributed by atoms with van der Waals surface area (Å²) in [5.41, 5.74) is 1.13. The van der Waals surface area contributed by atoms with Crippen LogP contribution in [0.1, 0.15) is 15.9 Å². The molecule has 2 aromatic rings. The van der Waals surface area contributed by atoms with E-state index in [0.29, 0.717) is 11.1 Å². The number of aromatic hydroxyl groups is 1. The summed E-state index contributed by atoms with van der Waals surface area (Å²) in [7, 11) is 0. The molecule has 1 heterocycles. The zero-order valence-electron chi connectivity index (χ0n) is 9.08. The zero-order chi connectivity index (χ0) is 12.3. The average molecular weight is 230 g/mol. The highest BCUT2D eigenvalue weighted by atomic mass is 16.3. The van der Waals surface area contributed by atoms with Crippen LogP contribution >= 0.6 is 0 Å². The first-order chi connectivity index (χ1) is 8.16. The second-order valence-electron chi connectivity index (χ2n) is 3.42. The summed E-state index contributed by atoms with van der Waals surface area (Å²) in [6.45, 7) is 1.73. The number of hydrogen-bond acceptors (Lipinski definition) is 5. The van der Waals surface area contributed by atoms with Gasteiger partial charge in [0, 0.05) is 5.56 Å². The van der Waals surface area contributed by atoms with Gasteiger partial charge < -0.3 is 5.11 Å². The van der Waals surface area contributed by atoms with Gasteiger partial charge in [-0.05, 0) is 30.7 Å². The third-order valence-corrected chi connectivity index (χ3v) is 2.16. The molecule has 0 spiro atoms. The molecule has 1 amide bonds. The average Bonchev–Trinajstić information content (AvgIpc) is 2.30. The van der Waals surface area contributed by atoms with E-state index in [4.69, 9.17) is 0 Å². The predicted octanol–water partition coefficient (Wildman–Crippen LogP) is 1.14. The van der Waals surface area contributed by atoms with Gasteiger partial charge in [-0.2, -0.15) is 5.10 Å². The molecule has 17 heavy (non-hydrogen) atoms. The van der Waals surface area contributed by atoms with Gasteiger partial charge in [0.05, 0.1) is 12.4 Å². The summed E-state index contributed by atoms with van der Waals surface area (Å²) in [5.74, 6) is -0.0721. The van der Waals surface area contributed by atoms with Gasteiger partial charge in [0.25, 0.3) is 5.91 Å². The SMILES string of the molecule is Cc1cc(O)ccc1C(=O)Nc1nccnn1. The van der Waals surface area contributed by atoms with Gasteiger partial charge in [-0.1, -0.05) is 0 Å². The lowest BCUT2D eigenvalue weighted by molar-refractivity contribution is 0.102. The quantitative estimate of drug-likeness (QED) is 0.807. The van der Waals surface area contributed by atoms with E-state index in [1.807, 2.05) is 0 Å². The van der Waals surface area contributed by atoms with Crippen molar-refractivity contribution in [3.05, 3.63) is 41.7 Å². The van der Waals surface area contributed by atoms with Crippen molar-refractivity contribution >= 4 is 11.9 Å². The Morgan fingerprint density at radius 3 is 2.82 bits per heavy atom. The number of carbonyl (C=O) groups is 1. The maximum absolute atomic E-state index is 11.8. The van der Waals surface area contributed by atoms with Crippen molar-refractivity contribution < 1.29 is 9.90 Å². The van der Waals surface area contributed by atoms with E-state index >= 15 is 0 Å². The summed E-state index contributed by atoms with van der Waals surface area (Å²) < 4.78 is 0. The number of carbonyl (C=O) groups excluding carboxylic acids is 1. The van der Waals surface area contributed by atoms with Gasteiger partial charge in [-0.25, -0.2) is 4.98 Å². The largest absolute Gasteiger partial charge is 0.508 e. The number of hydrogen-bond donors (Lipinski definition) is 2. The van der Waals surface area contributed by atoms with E-state index in [1.54, 1.807) is 6.92 Å². The summed E-state index contributed by atoms with van der Waals surface area (Å²) >= 11 is 0. The first-order valence-corrected chi connectivity index (χ1v) is 4.91. The molecule has 0 fully saturated rings. The van der Waals surface area contributed by atoms with Gasteiger partial charge in [0.2, 0.25) is 5.95 Å². The molecule has 2 N–H and O–H groups in total. The Kier molecular flexibility index (Phi) is 2.95. The second-order valence-corrected chi connectivity index (χ2v) is 3.42. The van der Waals surface area contributed by atoms with E-state index in [9.17, 15) is 9.90 Å². The molecule has 0 saturated heterocycles. The lowest BCUT2D eigenvalue weighted by Gasteiger charge is -2.05. The van der Waals surface area contributed by atoms with Gasteiger partial charge in [-0.15, -0.1) is 5.10 Å². The molecule has 0 unspecified atom stereocenters. The number of aromatic nitrogens is 3. The van der Waals surface area contributed by atoms with Gasteiger partial charge in [0.1, 0.15) is 5.75 Å². The molecule has 0 atom stereocenters. The normalized spacial score (nSPS) is 9.94. The summed E-state index contributed by atoms with van der Waals surface area (Å²) in [4.78, 5) is 15.7. The molecule has 6 heteroatoms. The highest BCUT2D eigenvalue weighted by molar-refractivity contribution is 6.04. The highest BCUT2D eigenvalue weighted by Gasteiger charge is 2.10. The van der Waals surface area contributed by atoms with Crippen molar-refractivity contribution in [2.45, 2.75) is 6.92 Å². The Hall–Kier alpha value is -2.50. The van der Waals surface area contributed by atoms with Crippen LogP contribution in [0.5, 0.6) is 5.75 Å². The molecule has 86 valence electrons. The van der Waals surface area contributed by atoms with Crippen LogP contribution in [-0.2, 0) is 0 Å². The standard InChI is InChI=1S/C11H10N4O2/c1-7-6-8(16)2-3-9(7)10(17)14-11-12-4-5-13-15-11/h2-6,16H,1H3,(H,12,14,15,17). The molecular formula is C11H10N4O2. The number of nitrogens with one attached hydrogen (secondary N) is 1. The summed E-state index contributed by atoms with van der Waals surface area (Å²) in [5, 5.41) is 19.0. The Morgan fingerprint density at radius 1 is 1.35 bits per heavy atom. The fourth-order valence-corrected chi connectivity index (χ4v) is 1.38. The minimum Gasteiger partial charge on any atom is -0.508 e. The molecule has 0 aliphatic carbocycles. The third-order valence-electron chi connectivity index (χ3n) is 2.16. The van der Waals surface area contributed by atoms with Crippen LogP contribution in [0, 0.1) is 6.92 Å². The molecule has 0 saturated carbocycles. The number of phenolic OH excluding ortho intramolecular Hbond substituents is 1. The van der Waals surface area contributed by atoms with Crippen molar-refractivity contribution in [2.75, 3.05) is 5.32 Å². The lowest BCUT2D eigenvalue weighted by Crippen LogP contribution is -2.15. The maximum atomic E-state index is 11.8. The monoisotopic (exact) mass is 230 g/mol. The molecule has 0 radical (unpaired) electrons. The molecule has 0 aliphatic heterocycles. The number of amides is 1. The van der Waals surface area contributed by atoms with Gasteiger partial charge in [0.15, 0.2) is 0 Å².